The third-order valence-electron chi connectivity index (χ3n) is 7.34. The summed E-state index contributed by atoms with van der Waals surface area (Å²) < 4.78 is 96.1. The molecule has 0 spiro atoms. The molecule has 0 aromatic heterocycles. The van der Waals surface area contributed by atoms with E-state index >= 15 is 0 Å². The van der Waals surface area contributed by atoms with Gasteiger partial charge in [0.15, 0.2) is 0 Å². The van der Waals surface area contributed by atoms with Crippen molar-refractivity contribution in [1.82, 2.24) is 0 Å². The van der Waals surface area contributed by atoms with E-state index < -0.39 is 32.2 Å². The van der Waals surface area contributed by atoms with Gasteiger partial charge in [0, 0.05) is 34.6 Å². The molecule has 0 aliphatic heterocycles. The SMILES string of the molecule is COc1ccc(OC)c(COc2cc(NC(=O)OCCOC(=O)Nc3ccc(NS(C)(=O)=O)c(OCc4cc(OC)ccc4OC)c3)ccc2NS(C)(=O)=O)c1. The van der Waals surface area contributed by atoms with Crippen molar-refractivity contribution in [3.8, 4) is 34.5 Å². The fourth-order valence-corrected chi connectivity index (χ4v) is 6.02. The third kappa shape index (κ3) is 13.2. The second kappa shape index (κ2) is 19.4. The van der Waals surface area contributed by atoms with Crippen LogP contribution in [0.25, 0.3) is 0 Å². The number of ether oxygens (including phenoxy) is 8. The number of sulfonamides is 2. The van der Waals surface area contributed by atoms with E-state index in [0.29, 0.717) is 34.1 Å². The molecule has 20 heteroatoms. The van der Waals surface area contributed by atoms with Gasteiger partial charge in [-0.15, -0.1) is 0 Å². The highest BCUT2D eigenvalue weighted by molar-refractivity contribution is 7.92. The molecule has 302 valence electrons. The number of hydrogen-bond acceptors (Lipinski definition) is 14. The minimum absolute atomic E-state index is 0.0410. The van der Waals surface area contributed by atoms with Gasteiger partial charge in [-0.3, -0.25) is 20.1 Å². The lowest BCUT2D eigenvalue weighted by Crippen LogP contribution is -2.20. The van der Waals surface area contributed by atoms with Crippen molar-refractivity contribution >= 4 is 55.0 Å². The van der Waals surface area contributed by atoms with Gasteiger partial charge in [0.1, 0.15) is 60.9 Å². The number of anilines is 4. The number of methoxy groups -OCH3 is 4. The van der Waals surface area contributed by atoms with Crippen molar-refractivity contribution in [3.63, 3.8) is 0 Å². The maximum Gasteiger partial charge on any atom is 0.411 e. The summed E-state index contributed by atoms with van der Waals surface area (Å²) in [5, 5.41) is 5.02. The molecule has 18 nitrogen and oxygen atoms in total. The summed E-state index contributed by atoms with van der Waals surface area (Å²) >= 11 is 0. The number of hydrogen-bond donors (Lipinski definition) is 4. The Bertz CT molecular complexity index is 2080. The molecule has 0 heterocycles. The molecule has 0 radical (unpaired) electrons. The second-order valence-corrected chi connectivity index (χ2v) is 15.1. The molecule has 0 aliphatic rings. The lowest BCUT2D eigenvalue weighted by molar-refractivity contribution is 0.110. The van der Waals surface area contributed by atoms with E-state index in [0.717, 1.165) is 12.5 Å². The highest BCUT2D eigenvalue weighted by Crippen LogP contribution is 2.33. The Morgan fingerprint density at radius 2 is 0.911 bits per heavy atom. The molecule has 4 aromatic carbocycles. The summed E-state index contributed by atoms with van der Waals surface area (Å²) in [4.78, 5) is 25.1. The fraction of sp³-hybridized carbons (Fsp3) is 0.278. The number of carbonyl (C=O) groups excluding carboxylic acids is 2. The molecule has 4 N–H and O–H groups in total. The zero-order valence-corrected chi connectivity index (χ0v) is 32.9. The van der Waals surface area contributed by atoms with Gasteiger partial charge in [-0.2, -0.15) is 0 Å². The van der Waals surface area contributed by atoms with Crippen molar-refractivity contribution in [2.75, 3.05) is 74.2 Å². The molecule has 0 unspecified atom stereocenters. The molecule has 0 saturated carbocycles. The molecular formula is C36H42N4O14S2. The first-order chi connectivity index (χ1) is 26.6. The van der Waals surface area contributed by atoms with Crippen LogP contribution in [0.5, 0.6) is 34.5 Å². The number of benzene rings is 4. The molecule has 0 atom stereocenters. The number of rotatable bonds is 19. The quantitative estimate of drug-likeness (QED) is 0.0868. The first kappa shape index (κ1) is 42.5. The molecule has 0 bridgehead atoms. The van der Waals surface area contributed by atoms with Gasteiger partial charge in [0.25, 0.3) is 0 Å². The average Bonchev–Trinajstić information content (AvgIpc) is 3.15. The van der Waals surface area contributed by atoms with E-state index in [1.165, 1.54) is 64.8 Å². The van der Waals surface area contributed by atoms with Crippen LogP contribution in [0.3, 0.4) is 0 Å². The normalized spacial score (nSPS) is 11.0. The Morgan fingerprint density at radius 1 is 0.518 bits per heavy atom. The predicted molar refractivity (Wildman–Crippen MR) is 208 cm³/mol. The second-order valence-electron chi connectivity index (χ2n) is 11.6. The van der Waals surface area contributed by atoms with E-state index in [4.69, 9.17) is 37.9 Å². The minimum atomic E-state index is -3.69. The van der Waals surface area contributed by atoms with Crippen molar-refractivity contribution in [3.05, 3.63) is 83.9 Å². The van der Waals surface area contributed by atoms with Gasteiger partial charge in [-0.05, 0) is 60.7 Å². The van der Waals surface area contributed by atoms with Crippen molar-refractivity contribution < 1.29 is 64.3 Å². The molecule has 0 saturated heterocycles. The van der Waals surface area contributed by atoms with Crippen LogP contribution in [-0.2, 0) is 42.7 Å². The van der Waals surface area contributed by atoms with Crippen molar-refractivity contribution in [2.45, 2.75) is 13.2 Å². The third-order valence-corrected chi connectivity index (χ3v) is 8.52. The van der Waals surface area contributed by atoms with Crippen LogP contribution in [0, 0.1) is 0 Å². The maximum absolute atomic E-state index is 12.6. The van der Waals surface area contributed by atoms with Gasteiger partial charge in [-0.25, -0.2) is 26.4 Å². The smallest absolute Gasteiger partial charge is 0.411 e. The topological polar surface area (TPSA) is 224 Å². The molecule has 4 aromatic rings. The van der Waals surface area contributed by atoms with Crippen LogP contribution in [0.4, 0.5) is 32.3 Å². The van der Waals surface area contributed by atoms with E-state index in [-0.39, 0.29) is 60.7 Å². The highest BCUT2D eigenvalue weighted by atomic mass is 32.2. The summed E-state index contributed by atoms with van der Waals surface area (Å²) in [6.07, 6.45) is 0.165. The molecule has 56 heavy (non-hydrogen) atoms. The lowest BCUT2D eigenvalue weighted by atomic mass is 10.2. The van der Waals surface area contributed by atoms with Crippen molar-refractivity contribution in [1.29, 1.82) is 0 Å². The fourth-order valence-electron chi connectivity index (χ4n) is 4.88. The van der Waals surface area contributed by atoms with E-state index in [1.54, 1.807) is 36.4 Å². The molecule has 0 fully saturated rings. The largest absolute Gasteiger partial charge is 0.497 e. The van der Waals surface area contributed by atoms with Crippen LogP contribution in [-0.4, -0.2) is 83.2 Å². The van der Waals surface area contributed by atoms with Gasteiger partial charge >= 0.3 is 12.2 Å². The van der Waals surface area contributed by atoms with Gasteiger partial charge in [0.05, 0.1) is 52.3 Å². The number of nitrogens with one attached hydrogen (secondary N) is 4. The monoisotopic (exact) mass is 818 g/mol. The van der Waals surface area contributed by atoms with E-state index in [9.17, 15) is 26.4 Å². The average molecular weight is 819 g/mol. The summed E-state index contributed by atoms with van der Waals surface area (Å²) in [7, 11) is -1.37. The molecular weight excluding hydrogens is 777 g/mol. The Morgan fingerprint density at radius 3 is 1.25 bits per heavy atom. The minimum Gasteiger partial charge on any atom is -0.497 e. The molecule has 2 amide bonds. The van der Waals surface area contributed by atoms with Crippen LogP contribution in [0.15, 0.2) is 72.8 Å². The van der Waals surface area contributed by atoms with Gasteiger partial charge < -0.3 is 37.9 Å². The Balaban J connectivity index is 1.34. The van der Waals surface area contributed by atoms with Crippen LogP contribution >= 0.6 is 0 Å². The summed E-state index contributed by atoms with van der Waals surface area (Å²) in [6.45, 7) is -0.749. The Hall–Kier alpha value is -6.28. The molecule has 4 rings (SSSR count). The predicted octanol–water partition coefficient (Wildman–Crippen LogP) is 5.42. The van der Waals surface area contributed by atoms with Crippen LogP contribution in [0.2, 0.25) is 0 Å². The summed E-state index contributed by atoms with van der Waals surface area (Å²) in [5.74, 6) is 2.31. The molecule has 0 aliphatic carbocycles. The van der Waals surface area contributed by atoms with Gasteiger partial charge in [-0.1, -0.05) is 0 Å². The lowest BCUT2D eigenvalue weighted by Gasteiger charge is -2.16. The highest BCUT2D eigenvalue weighted by Gasteiger charge is 2.16. The van der Waals surface area contributed by atoms with Gasteiger partial charge in [0.2, 0.25) is 20.0 Å². The number of carbonyl (C=O) groups is 2. The Labute approximate surface area is 324 Å². The zero-order valence-electron chi connectivity index (χ0n) is 31.3. The number of amides is 2. The summed E-state index contributed by atoms with van der Waals surface area (Å²) in [5.41, 5.74) is 1.86. The standard InChI is InChI=1S/C36H42N4O14S2/c1-47-27-9-13-31(49-3)23(17-27)21-53-33-19-25(7-11-29(33)39-55(5,43)44)37-35(41)51-15-16-52-36(42)38-26-8-12-30(40-56(6,45)46)34(20-26)54-22-24-18-28(48-2)10-14-32(24)50-4/h7-14,17-20,39-40H,15-16,21-22H2,1-6H3,(H,37,41)(H,38,42). The first-order valence-corrected chi connectivity index (χ1v) is 20.2. The van der Waals surface area contributed by atoms with E-state index in [2.05, 4.69) is 20.1 Å². The maximum atomic E-state index is 12.6. The van der Waals surface area contributed by atoms with Crippen molar-refractivity contribution in [2.24, 2.45) is 0 Å². The van der Waals surface area contributed by atoms with Crippen LogP contribution < -0.4 is 48.5 Å². The van der Waals surface area contributed by atoms with E-state index in [1.807, 2.05) is 0 Å². The Kier molecular flexibility index (Phi) is 14.7. The zero-order chi connectivity index (χ0) is 40.9. The summed E-state index contributed by atoms with van der Waals surface area (Å²) in [6, 6.07) is 18.7. The van der Waals surface area contributed by atoms with Crippen LogP contribution in [0.1, 0.15) is 11.1 Å². The first-order valence-electron chi connectivity index (χ1n) is 16.4.